The highest BCUT2D eigenvalue weighted by Gasteiger charge is 2.23. The molecule has 146 valence electrons. The summed E-state index contributed by atoms with van der Waals surface area (Å²) in [4.78, 5) is 16.9. The third-order valence-corrected chi connectivity index (χ3v) is 5.60. The third kappa shape index (κ3) is 4.09. The molecular formula is C19H19ClN4O3S. The summed E-state index contributed by atoms with van der Waals surface area (Å²) in [5.74, 6) is -0.175. The molecule has 0 unspecified atom stereocenters. The van der Waals surface area contributed by atoms with Crippen molar-refractivity contribution >= 4 is 33.3 Å². The summed E-state index contributed by atoms with van der Waals surface area (Å²) in [6.07, 6.45) is 2.96. The number of pyridine rings is 1. The van der Waals surface area contributed by atoms with E-state index in [1.807, 2.05) is 0 Å². The number of ketones is 1. The first kappa shape index (κ1) is 20.1. The molecule has 0 aliphatic rings. The van der Waals surface area contributed by atoms with Crippen LogP contribution in [0.15, 0.2) is 54.9 Å². The highest BCUT2D eigenvalue weighted by Crippen LogP contribution is 2.23. The maximum atomic E-state index is 12.9. The zero-order chi connectivity index (χ0) is 20.5. The van der Waals surface area contributed by atoms with Crippen LogP contribution in [0, 0.1) is 6.92 Å². The summed E-state index contributed by atoms with van der Waals surface area (Å²) >= 11 is 5.89. The summed E-state index contributed by atoms with van der Waals surface area (Å²) in [6, 6.07) is 11.6. The van der Waals surface area contributed by atoms with Gasteiger partial charge in [-0.05, 0) is 55.0 Å². The number of aromatic nitrogens is 2. The molecule has 0 saturated carbocycles. The lowest BCUT2D eigenvalue weighted by Crippen LogP contribution is -2.36. The fourth-order valence-electron chi connectivity index (χ4n) is 3.02. The predicted molar refractivity (Wildman–Crippen MR) is 109 cm³/mol. The van der Waals surface area contributed by atoms with Gasteiger partial charge in [0.2, 0.25) is 5.78 Å². The Morgan fingerprint density at radius 1 is 1.25 bits per heavy atom. The maximum absolute atomic E-state index is 12.9. The standard InChI is InChI=1S/C19H19ClN4O3S/c1-13-10-17(12-24(28(21,26)27)16-4-3-9-22-11-16)23(2)18(13)19(25)14-5-7-15(20)8-6-14/h3-11H,12H2,1-2H3,(H2,21,26,27). The van der Waals surface area contributed by atoms with Crippen LogP contribution in [0.5, 0.6) is 0 Å². The number of nitrogens with two attached hydrogens (primary N) is 1. The van der Waals surface area contributed by atoms with Crippen molar-refractivity contribution in [3.05, 3.63) is 82.4 Å². The minimum absolute atomic E-state index is 0.0320. The SMILES string of the molecule is Cc1cc(CN(c2cccnc2)S(N)(=O)=O)n(C)c1C(=O)c1ccc(Cl)cc1. The van der Waals surface area contributed by atoms with Gasteiger partial charge in [0.25, 0.3) is 10.2 Å². The Bertz CT molecular complexity index is 1110. The summed E-state index contributed by atoms with van der Waals surface area (Å²) < 4.78 is 27.0. The van der Waals surface area contributed by atoms with Crippen LogP contribution >= 0.6 is 11.6 Å². The van der Waals surface area contributed by atoms with E-state index in [1.54, 1.807) is 67.2 Å². The number of nitrogens with zero attached hydrogens (tertiary/aromatic N) is 3. The molecule has 0 fully saturated rings. The van der Waals surface area contributed by atoms with Crippen molar-refractivity contribution < 1.29 is 13.2 Å². The summed E-state index contributed by atoms with van der Waals surface area (Å²) in [6.45, 7) is 1.77. The molecule has 0 spiro atoms. The first-order valence-electron chi connectivity index (χ1n) is 8.34. The van der Waals surface area contributed by atoms with E-state index in [0.717, 1.165) is 9.87 Å². The number of anilines is 1. The Hall–Kier alpha value is -2.68. The van der Waals surface area contributed by atoms with E-state index in [4.69, 9.17) is 16.7 Å². The number of carbonyl (C=O) groups is 1. The smallest absolute Gasteiger partial charge is 0.299 e. The third-order valence-electron chi connectivity index (χ3n) is 4.39. The first-order chi connectivity index (χ1) is 13.2. The lowest BCUT2D eigenvalue weighted by atomic mass is 10.1. The van der Waals surface area contributed by atoms with Gasteiger partial charge in [0.1, 0.15) is 0 Å². The van der Waals surface area contributed by atoms with Crippen LogP contribution in [0.3, 0.4) is 0 Å². The Morgan fingerprint density at radius 2 is 1.93 bits per heavy atom. The van der Waals surface area contributed by atoms with Crippen LogP contribution in [0.4, 0.5) is 5.69 Å². The van der Waals surface area contributed by atoms with E-state index >= 15 is 0 Å². The summed E-state index contributed by atoms with van der Waals surface area (Å²) in [7, 11) is -2.31. The minimum Gasteiger partial charge on any atom is -0.343 e. The van der Waals surface area contributed by atoms with Crippen LogP contribution in [0.2, 0.25) is 5.02 Å². The van der Waals surface area contributed by atoms with Gasteiger partial charge in [-0.15, -0.1) is 0 Å². The Balaban J connectivity index is 1.99. The van der Waals surface area contributed by atoms with Gasteiger partial charge < -0.3 is 4.57 Å². The average molecular weight is 419 g/mol. The van der Waals surface area contributed by atoms with Gasteiger partial charge in [-0.1, -0.05) is 11.6 Å². The molecule has 3 aromatic rings. The van der Waals surface area contributed by atoms with Gasteiger partial charge >= 0.3 is 0 Å². The van der Waals surface area contributed by atoms with Crippen molar-refractivity contribution in [3.63, 3.8) is 0 Å². The molecule has 0 atom stereocenters. The van der Waals surface area contributed by atoms with E-state index in [1.165, 1.54) is 6.20 Å². The fraction of sp³-hybridized carbons (Fsp3) is 0.158. The van der Waals surface area contributed by atoms with E-state index in [-0.39, 0.29) is 12.3 Å². The van der Waals surface area contributed by atoms with Crippen molar-refractivity contribution in [1.29, 1.82) is 0 Å². The van der Waals surface area contributed by atoms with E-state index < -0.39 is 10.2 Å². The number of aryl methyl sites for hydroxylation is 1. The average Bonchev–Trinajstić information content (AvgIpc) is 2.93. The normalized spacial score (nSPS) is 11.4. The maximum Gasteiger partial charge on any atom is 0.299 e. The Kier molecular flexibility index (Phi) is 5.55. The van der Waals surface area contributed by atoms with Crippen molar-refractivity contribution in [1.82, 2.24) is 9.55 Å². The number of hydrogen-bond acceptors (Lipinski definition) is 4. The molecule has 0 radical (unpaired) electrons. The van der Waals surface area contributed by atoms with Crippen LogP contribution in [0.25, 0.3) is 0 Å². The number of carbonyl (C=O) groups excluding carboxylic acids is 1. The Morgan fingerprint density at radius 3 is 2.50 bits per heavy atom. The summed E-state index contributed by atoms with van der Waals surface area (Å²) in [5.41, 5.74) is 2.66. The molecular weight excluding hydrogens is 400 g/mol. The second-order valence-corrected chi connectivity index (χ2v) is 8.23. The predicted octanol–water partition coefficient (Wildman–Crippen LogP) is 2.82. The molecule has 1 aromatic carbocycles. The van der Waals surface area contributed by atoms with Gasteiger partial charge in [0.05, 0.1) is 24.1 Å². The van der Waals surface area contributed by atoms with Crippen LogP contribution in [0.1, 0.15) is 27.3 Å². The van der Waals surface area contributed by atoms with Gasteiger partial charge in [-0.2, -0.15) is 8.42 Å². The monoisotopic (exact) mass is 418 g/mol. The summed E-state index contributed by atoms with van der Waals surface area (Å²) in [5, 5.41) is 5.94. The molecule has 28 heavy (non-hydrogen) atoms. The molecule has 0 aliphatic heterocycles. The van der Waals surface area contributed by atoms with Gasteiger partial charge in [0, 0.05) is 29.5 Å². The molecule has 0 saturated heterocycles. The lowest BCUT2D eigenvalue weighted by molar-refractivity contribution is 0.103. The topological polar surface area (TPSA) is 98.3 Å². The van der Waals surface area contributed by atoms with Crippen molar-refractivity contribution in [2.75, 3.05) is 4.31 Å². The van der Waals surface area contributed by atoms with Gasteiger partial charge in [-0.25, -0.2) is 5.14 Å². The number of hydrogen-bond donors (Lipinski definition) is 1. The Labute approximate surface area is 168 Å². The lowest BCUT2D eigenvalue weighted by Gasteiger charge is -2.22. The number of benzene rings is 1. The molecule has 7 nitrogen and oxygen atoms in total. The fourth-order valence-corrected chi connectivity index (χ4v) is 3.86. The van der Waals surface area contributed by atoms with Crippen molar-refractivity contribution in [2.45, 2.75) is 13.5 Å². The molecule has 2 aromatic heterocycles. The number of rotatable bonds is 6. The molecule has 3 rings (SSSR count). The van der Waals surface area contributed by atoms with Crippen LogP contribution in [-0.2, 0) is 23.8 Å². The molecule has 0 amide bonds. The number of halogens is 1. The van der Waals surface area contributed by atoms with Crippen molar-refractivity contribution in [2.24, 2.45) is 12.2 Å². The van der Waals surface area contributed by atoms with Gasteiger partial charge in [0.15, 0.2) is 0 Å². The van der Waals surface area contributed by atoms with E-state index in [9.17, 15) is 13.2 Å². The second kappa shape index (κ2) is 7.75. The van der Waals surface area contributed by atoms with E-state index in [2.05, 4.69) is 4.98 Å². The van der Waals surface area contributed by atoms with Crippen LogP contribution in [-0.4, -0.2) is 23.8 Å². The molecule has 0 bridgehead atoms. The van der Waals surface area contributed by atoms with Crippen LogP contribution < -0.4 is 9.44 Å². The molecule has 2 N–H and O–H groups in total. The molecule has 2 heterocycles. The largest absolute Gasteiger partial charge is 0.343 e. The molecule has 9 heteroatoms. The van der Waals surface area contributed by atoms with E-state index in [0.29, 0.717) is 27.7 Å². The van der Waals surface area contributed by atoms with Gasteiger partial charge in [-0.3, -0.25) is 14.1 Å². The zero-order valence-corrected chi connectivity index (χ0v) is 16.9. The molecule has 0 aliphatic carbocycles. The quantitative estimate of drug-likeness (QED) is 0.622. The second-order valence-electron chi connectivity index (χ2n) is 6.33. The minimum atomic E-state index is -4.03. The van der Waals surface area contributed by atoms with Crippen molar-refractivity contribution in [3.8, 4) is 0 Å². The highest BCUT2D eigenvalue weighted by molar-refractivity contribution is 7.90. The first-order valence-corrected chi connectivity index (χ1v) is 10.2. The zero-order valence-electron chi connectivity index (χ0n) is 15.3. The highest BCUT2D eigenvalue weighted by atomic mass is 35.5.